The molecule has 1 aromatic rings. The minimum Gasteiger partial charge on any atom is -0.383 e. The van der Waals surface area contributed by atoms with Gasteiger partial charge in [0.2, 0.25) is 5.91 Å². The summed E-state index contributed by atoms with van der Waals surface area (Å²) in [5.41, 5.74) is 5.15. The van der Waals surface area contributed by atoms with Crippen molar-refractivity contribution in [2.75, 3.05) is 5.73 Å². The molecule has 0 aromatic carbocycles. The number of nitrogens with two attached hydrogens (primary N) is 1. The SMILES string of the molecule is C#CC#CC#CC#CC#CC#CC.CC#CC#CC#CC#CC#CC.CC(C)[C@H]1O[C@@H](N2C=CC(=O)CC2=O)[C@@H](C)[C@@H]1C.CC(C)[C@H]1O[C@@H](n2ccc(N)nc2=O)[C@@H](C)[C@@H]1C. The standard InChI is InChI=1S/C14H21NO3.C13H21N3O2.C13H4.C12H6/c1-8(2)13-9(3)10(4)14(18-13)15-6-5-11(16)7-12(15)17;1-7(2)11-8(3)9(4)12(18-11)16-6-5-10(14)15-13(16)17;1-3-5-7-9-11-13-12-10-8-6-4-2;1-3-5-7-9-11-12-10-8-6-4-2/h5-6,8-10,13-14H,7H2,1-4H3;5-9,11-12H,1-4H3,(H2,14,15,17);1H,2H3;1-2H3/t9-,10-,13+,14+;8-,9-,11+,12+;;/m00../s1. The van der Waals surface area contributed by atoms with Gasteiger partial charge in [0.15, 0.2) is 5.78 Å². The highest BCUT2D eigenvalue weighted by Gasteiger charge is 2.45. The van der Waals surface area contributed by atoms with Crippen LogP contribution in [0.15, 0.2) is 29.3 Å². The van der Waals surface area contributed by atoms with Crippen LogP contribution >= 0.6 is 0 Å². The van der Waals surface area contributed by atoms with Crippen molar-refractivity contribution in [1.29, 1.82) is 0 Å². The largest absolute Gasteiger partial charge is 0.383 e. The molecular weight excluding hydrogens is 761 g/mol. The summed E-state index contributed by atoms with van der Waals surface area (Å²) in [4.78, 5) is 40.3. The van der Waals surface area contributed by atoms with Crippen molar-refractivity contribution in [1.82, 2.24) is 14.5 Å². The van der Waals surface area contributed by atoms with Crippen LogP contribution in [0.4, 0.5) is 5.82 Å². The number of rotatable bonds is 4. The number of carbonyl (C=O) groups is 2. The van der Waals surface area contributed by atoms with E-state index in [0.29, 0.717) is 23.7 Å². The average Bonchev–Trinajstić information content (AvgIpc) is 3.69. The van der Waals surface area contributed by atoms with Crippen LogP contribution in [0.2, 0.25) is 0 Å². The van der Waals surface area contributed by atoms with E-state index in [1.165, 1.54) is 6.08 Å². The number of nitrogen functional groups attached to an aromatic ring is 1. The van der Waals surface area contributed by atoms with Gasteiger partial charge in [0.05, 0.1) is 18.6 Å². The van der Waals surface area contributed by atoms with Gasteiger partial charge in [-0.25, -0.2) is 4.79 Å². The topological polar surface area (TPSA) is 117 Å². The number of hydrogen-bond acceptors (Lipinski definition) is 7. The van der Waals surface area contributed by atoms with Gasteiger partial charge in [-0.3, -0.25) is 19.1 Å². The van der Waals surface area contributed by atoms with Crippen molar-refractivity contribution in [2.24, 2.45) is 35.5 Å². The van der Waals surface area contributed by atoms with Crippen molar-refractivity contribution in [3.05, 3.63) is 35.0 Å². The molecule has 310 valence electrons. The molecule has 0 saturated carbocycles. The molecule has 0 spiro atoms. The second-order valence-corrected chi connectivity index (χ2v) is 14.2. The van der Waals surface area contributed by atoms with Crippen molar-refractivity contribution in [3.8, 4) is 131 Å². The molecule has 0 bridgehead atoms. The zero-order chi connectivity index (χ0) is 45.7. The van der Waals surface area contributed by atoms with E-state index in [1.807, 2.05) is 0 Å². The maximum atomic E-state index is 11.9. The van der Waals surface area contributed by atoms with Crippen molar-refractivity contribution >= 4 is 17.5 Å². The van der Waals surface area contributed by atoms with E-state index in [2.05, 4.69) is 185 Å². The van der Waals surface area contributed by atoms with Crippen LogP contribution in [-0.2, 0) is 19.1 Å². The summed E-state index contributed by atoms with van der Waals surface area (Å²) in [5.74, 6) is 54.7. The first-order valence-corrected chi connectivity index (χ1v) is 19.5. The molecule has 1 aromatic heterocycles. The van der Waals surface area contributed by atoms with Gasteiger partial charge in [0.1, 0.15) is 18.3 Å². The normalized spacial score (nSPS) is 21.9. The number of ketones is 1. The third kappa shape index (κ3) is 18.4. The molecular formula is C52H52N4O5. The summed E-state index contributed by atoms with van der Waals surface area (Å²) >= 11 is 0. The van der Waals surface area contributed by atoms with E-state index in [0.717, 1.165) is 0 Å². The van der Waals surface area contributed by atoms with Gasteiger partial charge in [0, 0.05) is 24.2 Å². The number of nitrogens with zero attached hydrogens (tertiary/aromatic N) is 3. The van der Waals surface area contributed by atoms with Crippen LogP contribution in [0.5, 0.6) is 0 Å². The van der Waals surface area contributed by atoms with Crippen LogP contribution in [0.1, 0.15) is 88.8 Å². The Bertz CT molecular complexity index is 2470. The maximum Gasteiger partial charge on any atom is 0.351 e. The second kappa shape index (κ2) is 28.9. The van der Waals surface area contributed by atoms with Gasteiger partial charge < -0.3 is 15.2 Å². The zero-order valence-electron chi connectivity index (χ0n) is 36.8. The fraction of sp³-hybridized carbons (Fsp3) is 0.423. The molecule has 0 radical (unpaired) electrons. The highest BCUT2D eigenvalue weighted by molar-refractivity contribution is 6.06. The predicted molar refractivity (Wildman–Crippen MR) is 241 cm³/mol. The smallest absolute Gasteiger partial charge is 0.351 e. The predicted octanol–water partition coefficient (Wildman–Crippen LogP) is 5.31. The third-order valence-electron chi connectivity index (χ3n) is 9.32. The summed E-state index contributed by atoms with van der Waals surface area (Å²) in [7, 11) is 0. The van der Waals surface area contributed by atoms with Gasteiger partial charge in [-0.05, 0) is 163 Å². The zero-order valence-corrected chi connectivity index (χ0v) is 36.8. The van der Waals surface area contributed by atoms with Crippen LogP contribution in [0.25, 0.3) is 0 Å². The highest BCUT2D eigenvalue weighted by Crippen LogP contribution is 2.41. The minimum absolute atomic E-state index is 0.0379. The quantitative estimate of drug-likeness (QED) is 0.324. The lowest BCUT2D eigenvalue weighted by atomic mass is 9.87. The number of hydrogen-bond donors (Lipinski definition) is 1. The van der Waals surface area contributed by atoms with Gasteiger partial charge in [-0.1, -0.05) is 73.2 Å². The molecule has 2 saturated heterocycles. The number of aromatic nitrogens is 2. The van der Waals surface area contributed by atoms with Crippen molar-refractivity contribution < 1.29 is 19.1 Å². The van der Waals surface area contributed by atoms with E-state index in [1.54, 1.807) is 48.7 Å². The summed E-state index contributed by atoms with van der Waals surface area (Å²) in [6, 6.07) is 1.63. The Hall–Kier alpha value is -7.36. The fourth-order valence-corrected chi connectivity index (χ4v) is 6.12. The number of anilines is 1. The minimum atomic E-state index is -0.344. The van der Waals surface area contributed by atoms with Gasteiger partial charge in [-0.15, -0.1) is 6.42 Å². The lowest BCUT2D eigenvalue weighted by Crippen LogP contribution is -2.42. The molecule has 4 rings (SSSR count). The molecule has 0 unspecified atom stereocenters. The van der Waals surface area contributed by atoms with E-state index < -0.39 is 0 Å². The molecule has 1 amide bonds. The maximum absolute atomic E-state index is 11.9. The molecule has 2 N–H and O–H groups in total. The van der Waals surface area contributed by atoms with Crippen LogP contribution in [0, 0.1) is 166 Å². The lowest BCUT2D eigenvalue weighted by Gasteiger charge is -2.30. The number of allylic oxidation sites excluding steroid dienone is 1. The van der Waals surface area contributed by atoms with E-state index in [4.69, 9.17) is 21.6 Å². The Morgan fingerprint density at radius 1 is 0.639 bits per heavy atom. The number of terminal acetylenes is 1. The van der Waals surface area contributed by atoms with Crippen LogP contribution in [-0.4, -0.2) is 44.6 Å². The second-order valence-electron chi connectivity index (χ2n) is 14.2. The third-order valence-corrected chi connectivity index (χ3v) is 9.32. The van der Waals surface area contributed by atoms with Gasteiger partial charge >= 0.3 is 5.69 Å². The molecule has 0 aliphatic carbocycles. The van der Waals surface area contributed by atoms with Crippen molar-refractivity contribution in [2.45, 2.75) is 107 Å². The van der Waals surface area contributed by atoms with Gasteiger partial charge in [0.25, 0.3) is 0 Å². The first-order valence-electron chi connectivity index (χ1n) is 19.5. The molecule has 4 heterocycles. The fourth-order valence-electron chi connectivity index (χ4n) is 6.12. The average molecular weight is 813 g/mol. The highest BCUT2D eigenvalue weighted by atomic mass is 16.5. The van der Waals surface area contributed by atoms with Crippen LogP contribution < -0.4 is 11.4 Å². The molecule has 9 nitrogen and oxygen atoms in total. The monoisotopic (exact) mass is 812 g/mol. The Labute approximate surface area is 364 Å². The number of carbonyl (C=O) groups excluding carboxylic acids is 2. The van der Waals surface area contributed by atoms with E-state index in [-0.39, 0.29) is 66.1 Å². The Kier molecular flexibility index (Phi) is 24.5. The Morgan fingerprint density at radius 2 is 1.03 bits per heavy atom. The van der Waals surface area contributed by atoms with E-state index in [9.17, 15) is 14.4 Å². The summed E-state index contributed by atoms with van der Waals surface area (Å²) in [6.07, 6.45) is 9.40. The number of amides is 1. The summed E-state index contributed by atoms with van der Waals surface area (Å²) in [6.45, 7) is 22.2. The van der Waals surface area contributed by atoms with Gasteiger partial charge in [-0.2, -0.15) is 4.98 Å². The summed E-state index contributed by atoms with van der Waals surface area (Å²) < 4.78 is 13.6. The molecule has 9 heteroatoms. The lowest BCUT2D eigenvalue weighted by molar-refractivity contribution is -0.145. The molecule has 61 heavy (non-hydrogen) atoms. The van der Waals surface area contributed by atoms with Crippen LogP contribution in [0.3, 0.4) is 0 Å². The first-order chi connectivity index (χ1) is 29.2. The number of ether oxygens (including phenoxy) is 2. The molecule has 3 aliphatic rings. The Morgan fingerprint density at radius 3 is 1.39 bits per heavy atom. The molecule has 2 fully saturated rings. The molecule has 8 atom stereocenters. The van der Waals surface area contributed by atoms with Crippen molar-refractivity contribution in [3.63, 3.8) is 0 Å². The van der Waals surface area contributed by atoms with E-state index >= 15 is 0 Å². The summed E-state index contributed by atoms with van der Waals surface area (Å²) in [5, 5.41) is 0. The Balaban J connectivity index is 0.000000414. The molecule has 3 aliphatic heterocycles. The first kappa shape index (κ1) is 51.7.